The molecule has 1 amide bonds. The van der Waals surface area contributed by atoms with Crippen LogP contribution in [0.4, 0.5) is 5.69 Å². The summed E-state index contributed by atoms with van der Waals surface area (Å²) in [6, 6.07) is 15.1. The second-order valence-corrected chi connectivity index (χ2v) is 4.63. The summed E-state index contributed by atoms with van der Waals surface area (Å²) in [4.78, 5) is 16.3. The first-order chi connectivity index (χ1) is 10.2. The number of amides is 1. The summed E-state index contributed by atoms with van der Waals surface area (Å²) in [6.07, 6.45) is 3.38. The maximum Gasteiger partial charge on any atom is 0.274 e. The number of benzene rings is 1. The normalized spacial score (nSPS) is 10.3. The van der Waals surface area contributed by atoms with Crippen molar-refractivity contribution in [1.82, 2.24) is 14.8 Å². The molecule has 21 heavy (non-hydrogen) atoms. The number of nitrogens with one attached hydrogen (secondary N) is 1. The number of carbonyl (C=O) groups is 1. The van der Waals surface area contributed by atoms with Crippen molar-refractivity contribution in [1.29, 1.82) is 0 Å². The Bertz CT molecular complexity index is 765. The van der Waals surface area contributed by atoms with Gasteiger partial charge >= 0.3 is 0 Å². The Morgan fingerprint density at radius 3 is 2.67 bits per heavy atom. The Kier molecular flexibility index (Phi) is 3.47. The van der Waals surface area contributed by atoms with Crippen molar-refractivity contribution in [3.63, 3.8) is 0 Å². The molecule has 0 fully saturated rings. The van der Waals surface area contributed by atoms with E-state index < -0.39 is 0 Å². The first-order valence-electron chi connectivity index (χ1n) is 6.57. The van der Waals surface area contributed by atoms with Crippen LogP contribution in [0.1, 0.15) is 16.2 Å². The van der Waals surface area contributed by atoms with Gasteiger partial charge < -0.3 is 5.32 Å². The molecule has 1 aromatic carbocycles. The maximum absolute atomic E-state index is 12.1. The standard InChI is InChI=1S/C16H14N4O/c1-12-6-5-9-15(18-12)16(21)19-13-10-17-20(11-13)14-7-3-2-4-8-14/h2-11H,1H3,(H,19,21). The lowest BCUT2D eigenvalue weighted by atomic mass is 10.3. The zero-order chi connectivity index (χ0) is 14.7. The van der Waals surface area contributed by atoms with Gasteiger partial charge in [-0.1, -0.05) is 24.3 Å². The summed E-state index contributed by atoms with van der Waals surface area (Å²) < 4.78 is 1.71. The second-order valence-electron chi connectivity index (χ2n) is 4.63. The minimum Gasteiger partial charge on any atom is -0.318 e. The van der Waals surface area contributed by atoms with Crippen LogP contribution in [-0.4, -0.2) is 20.7 Å². The molecule has 3 aromatic rings. The molecular weight excluding hydrogens is 264 g/mol. The Hall–Kier alpha value is -2.95. The van der Waals surface area contributed by atoms with Crippen molar-refractivity contribution >= 4 is 11.6 Å². The Morgan fingerprint density at radius 2 is 1.90 bits per heavy atom. The van der Waals surface area contributed by atoms with Crippen LogP contribution in [0.15, 0.2) is 60.9 Å². The molecule has 5 heteroatoms. The van der Waals surface area contributed by atoms with Crippen LogP contribution < -0.4 is 5.32 Å². The van der Waals surface area contributed by atoms with E-state index in [4.69, 9.17) is 0 Å². The predicted molar refractivity (Wildman–Crippen MR) is 80.5 cm³/mol. The third-order valence-corrected chi connectivity index (χ3v) is 2.98. The van der Waals surface area contributed by atoms with Crippen molar-refractivity contribution < 1.29 is 4.79 Å². The number of aromatic nitrogens is 3. The highest BCUT2D eigenvalue weighted by molar-refractivity contribution is 6.02. The largest absolute Gasteiger partial charge is 0.318 e. The first-order valence-corrected chi connectivity index (χ1v) is 6.57. The lowest BCUT2D eigenvalue weighted by molar-refractivity contribution is 0.102. The van der Waals surface area contributed by atoms with E-state index in [0.717, 1.165) is 11.4 Å². The molecule has 0 radical (unpaired) electrons. The first kappa shape index (κ1) is 13.1. The monoisotopic (exact) mass is 278 g/mol. The lowest BCUT2D eigenvalue weighted by Gasteiger charge is -2.02. The number of aryl methyl sites for hydroxylation is 1. The van der Waals surface area contributed by atoms with Crippen molar-refractivity contribution in [2.24, 2.45) is 0 Å². The number of carbonyl (C=O) groups excluding carboxylic acids is 1. The minimum atomic E-state index is -0.244. The lowest BCUT2D eigenvalue weighted by Crippen LogP contribution is -2.13. The second kappa shape index (κ2) is 5.58. The molecular formula is C16H14N4O. The predicted octanol–water partition coefficient (Wildman–Crippen LogP) is 2.83. The Balaban J connectivity index is 1.77. The van der Waals surface area contributed by atoms with Crippen molar-refractivity contribution in [3.8, 4) is 5.69 Å². The molecule has 1 N–H and O–H groups in total. The fraction of sp³-hybridized carbons (Fsp3) is 0.0625. The van der Waals surface area contributed by atoms with E-state index >= 15 is 0 Å². The van der Waals surface area contributed by atoms with Gasteiger partial charge in [-0.25, -0.2) is 9.67 Å². The van der Waals surface area contributed by atoms with Crippen LogP contribution in [0.3, 0.4) is 0 Å². The summed E-state index contributed by atoms with van der Waals surface area (Å²) >= 11 is 0. The molecule has 5 nitrogen and oxygen atoms in total. The number of nitrogens with zero attached hydrogens (tertiary/aromatic N) is 3. The SMILES string of the molecule is Cc1cccc(C(=O)Nc2cnn(-c3ccccc3)c2)n1. The molecule has 0 aliphatic carbocycles. The highest BCUT2D eigenvalue weighted by Crippen LogP contribution is 2.12. The molecule has 0 aliphatic heterocycles. The van der Waals surface area contributed by atoms with Crippen LogP contribution >= 0.6 is 0 Å². The fourth-order valence-electron chi connectivity index (χ4n) is 1.97. The van der Waals surface area contributed by atoms with E-state index in [0.29, 0.717) is 11.4 Å². The number of rotatable bonds is 3. The topological polar surface area (TPSA) is 59.8 Å². The van der Waals surface area contributed by atoms with Gasteiger partial charge in [0.15, 0.2) is 0 Å². The van der Waals surface area contributed by atoms with E-state index in [1.807, 2.05) is 49.4 Å². The molecule has 104 valence electrons. The van der Waals surface area contributed by atoms with Crippen molar-refractivity contribution in [2.45, 2.75) is 6.92 Å². The Morgan fingerprint density at radius 1 is 1.10 bits per heavy atom. The van der Waals surface area contributed by atoms with Gasteiger partial charge in [-0.05, 0) is 31.2 Å². The maximum atomic E-state index is 12.1. The molecule has 0 bridgehead atoms. The van der Waals surface area contributed by atoms with E-state index in [1.165, 1.54) is 0 Å². The summed E-state index contributed by atoms with van der Waals surface area (Å²) in [5.74, 6) is -0.244. The van der Waals surface area contributed by atoms with Crippen LogP contribution in [0.2, 0.25) is 0 Å². The zero-order valence-electron chi connectivity index (χ0n) is 11.5. The quantitative estimate of drug-likeness (QED) is 0.801. The summed E-state index contributed by atoms with van der Waals surface area (Å²) in [7, 11) is 0. The van der Waals surface area contributed by atoms with Crippen LogP contribution in [0.25, 0.3) is 5.69 Å². The highest BCUT2D eigenvalue weighted by Gasteiger charge is 2.09. The van der Waals surface area contributed by atoms with Crippen LogP contribution in [0.5, 0.6) is 0 Å². The van der Waals surface area contributed by atoms with Crippen LogP contribution in [0, 0.1) is 6.92 Å². The smallest absolute Gasteiger partial charge is 0.274 e. The number of anilines is 1. The van der Waals surface area contributed by atoms with E-state index in [2.05, 4.69) is 15.4 Å². The average Bonchev–Trinajstić information content (AvgIpc) is 2.97. The van der Waals surface area contributed by atoms with Gasteiger partial charge in [0.05, 0.1) is 23.8 Å². The van der Waals surface area contributed by atoms with Gasteiger partial charge in [0, 0.05) is 5.69 Å². The minimum absolute atomic E-state index is 0.244. The van der Waals surface area contributed by atoms with Gasteiger partial charge in [0.25, 0.3) is 5.91 Å². The number of hydrogen-bond acceptors (Lipinski definition) is 3. The van der Waals surface area contributed by atoms with Gasteiger partial charge in [0.1, 0.15) is 5.69 Å². The van der Waals surface area contributed by atoms with Crippen LogP contribution in [-0.2, 0) is 0 Å². The fourth-order valence-corrected chi connectivity index (χ4v) is 1.97. The van der Waals surface area contributed by atoms with Gasteiger partial charge in [-0.15, -0.1) is 0 Å². The zero-order valence-corrected chi connectivity index (χ0v) is 11.5. The van der Waals surface area contributed by atoms with Crippen molar-refractivity contribution in [2.75, 3.05) is 5.32 Å². The van der Waals surface area contributed by atoms with E-state index in [-0.39, 0.29) is 5.91 Å². The molecule has 2 heterocycles. The Labute approximate surface area is 122 Å². The molecule has 3 rings (SSSR count). The third-order valence-electron chi connectivity index (χ3n) is 2.98. The molecule has 0 spiro atoms. The molecule has 2 aromatic heterocycles. The number of para-hydroxylation sites is 1. The van der Waals surface area contributed by atoms with Gasteiger partial charge in [-0.2, -0.15) is 5.10 Å². The summed E-state index contributed by atoms with van der Waals surface area (Å²) in [5, 5.41) is 7.02. The molecule has 0 atom stereocenters. The highest BCUT2D eigenvalue weighted by atomic mass is 16.1. The molecule has 0 saturated carbocycles. The summed E-state index contributed by atoms with van der Waals surface area (Å²) in [5.41, 5.74) is 2.77. The van der Waals surface area contributed by atoms with E-state index in [1.54, 1.807) is 23.1 Å². The van der Waals surface area contributed by atoms with Gasteiger partial charge in [-0.3, -0.25) is 4.79 Å². The van der Waals surface area contributed by atoms with E-state index in [9.17, 15) is 4.79 Å². The number of pyridine rings is 1. The molecule has 0 unspecified atom stereocenters. The summed E-state index contributed by atoms with van der Waals surface area (Å²) in [6.45, 7) is 1.85. The molecule has 0 aliphatic rings. The van der Waals surface area contributed by atoms with Gasteiger partial charge in [0.2, 0.25) is 0 Å². The molecule has 0 saturated heterocycles. The van der Waals surface area contributed by atoms with Crippen molar-refractivity contribution in [3.05, 3.63) is 72.3 Å². The third kappa shape index (κ3) is 2.97. The number of hydrogen-bond donors (Lipinski definition) is 1. The average molecular weight is 278 g/mol.